The summed E-state index contributed by atoms with van der Waals surface area (Å²) in [5, 5.41) is 5.11. The van der Waals surface area contributed by atoms with Gasteiger partial charge in [0.1, 0.15) is 16.0 Å². The molecule has 3 heterocycles. The number of thiophene rings is 1. The van der Waals surface area contributed by atoms with E-state index in [1.165, 1.54) is 21.7 Å². The van der Waals surface area contributed by atoms with Crippen molar-refractivity contribution in [2.75, 3.05) is 18.5 Å². The molecule has 1 aromatic carbocycles. The van der Waals surface area contributed by atoms with Gasteiger partial charge in [0.25, 0.3) is 10.0 Å². The maximum atomic E-state index is 13.1. The van der Waals surface area contributed by atoms with Crippen LogP contribution in [0.2, 0.25) is 4.34 Å². The molecule has 0 saturated carbocycles. The molecule has 0 spiro atoms. The number of nitrogens with one attached hydrogen (secondary N) is 1. The second-order valence-electron chi connectivity index (χ2n) is 7.59. The Labute approximate surface area is 206 Å². The zero-order valence-corrected chi connectivity index (χ0v) is 21.2. The molecule has 1 aliphatic heterocycles. The van der Waals surface area contributed by atoms with Gasteiger partial charge >= 0.3 is 0 Å². The Morgan fingerprint density at radius 2 is 2.03 bits per heavy atom. The van der Waals surface area contributed by atoms with E-state index in [0.717, 1.165) is 41.2 Å². The van der Waals surface area contributed by atoms with Crippen molar-refractivity contribution in [1.82, 2.24) is 9.29 Å². The van der Waals surface area contributed by atoms with Crippen molar-refractivity contribution in [3.8, 4) is 17.0 Å². The first-order chi connectivity index (χ1) is 15.9. The quantitative estimate of drug-likeness (QED) is 0.419. The largest absolute Gasteiger partial charge is 0.494 e. The van der Waals surface area contributed by atoms with E-state index in [2.05, 4.69) is 17.2 Å². The lowest BCUT2D eigenvalue weighted by molar-refractivity contribution is -0.120. The summed E-state index contributed by atoms with van der Waals surface area (Å²) in [6.07, 6.45) is 2.89. The van der Waals surface area contributed by atoms with E-state index in [-0.39, 0.29) is 10.1 Å². The van der Waals surface area contributed by atoms with Gasteiger partial charge in [-0.3, -0.25) is 4.79 Å². The summed E-state index contributed by atoms with van der Waals surface area (Å²) in [5.74, 6) is 0.431. The van der Waals surface area contributed by atoms with E-state index >= 15 is 0 Å². The van der Waals surface area contributed by atoms with Crippen LogP contribution in [0.1, 0.15) is 32.6 Å². The van der Waals surface area contributed by atoms with Crippen molar-refractivity contribution in [3.05, 3.63) is 46.1 Å². The molecule has 0 radical (unpaired) electrons. The minimum atomic E-state index is -3.80. The van der Waals surface area contributed by atoms with Gasteiger partial charge in [-0.25, -0.2) is 13.4 Å². The number of carbonyl (C=O) groups is 1. The molecule has 1 N–H and O–H groups in total. The smallest absolute Gasteiger partial charge is 0.253 e. The van der Waals surface area contributed by atoms with E-state index < -0.39 is 16.1 Å². The Hall–Kier alpha value is -1.98. The first kappa shape index (κ1) is 24.2. The Balaban J connectivity index is 1.46. The highest BCUT2D eigenvalue weighted by molar-refractivity contribution is 7.91. The van der Waals surface area contributed by atoms with Crippen LogP contribution >= 0.6 is 34.3 Å². The van der Waals surface area contributed by atoms with Gasteiger partial charge < -0.3 is 10.1 Å². The van der Waals surface area contributed by atoms with Crippen molar-refractivity contribution in [2.24, 2.45) is 0 Å². The number of piperidine rings is 1. The van der Waals surface area contributed by atoms with Crippen molar-refractivity contribution in [3.63, 3.8) is 0 Å². The zero-order chi connectivity index (χ0) is 23.4. The van der Waals surface area contributed by atoms with Crippen LogP contribution in [0.25, 0.3) is 11.3 Å². The summed E-state index contributed by atoms with van der Waals surface area (Å²) < 4.78 is 33.7. The van der Waals surface area contributed by atoms with Crippen LogP contribution in [-0.2, 0) is 14.8 Å². The Morgan fingerprint density at radius 3 is 2.73 bits per heavy atom. The summed E-state index contributed by atoms with van der Waals surface area (Å²) in [6.45, 7) is 3.02. The first-order valence-electron chi connectivity index (χ1n) is 10.7. The number of halogens is 1. The molecule has 1 saturated heterocycles. The molecule has 2 aromatic heterocycles. The van der Waals surface area contributed by atoms with Gasteiger partial charge in [0, 0.05) is 17.5 Å². The molecule has 0 bridgehead atoms. The van der Waals surface area contributed by atoms with E-state index in [1.54, 1.807) is 6.07 Å². The summed E-state index contributed by atoms with van der Waals surface area (Å²) >= 11 is 8.24. The van der Waals surface area contributed by atoms with Crippen molar-refractivity contribution >= 4 is 55.3 Å². The van der Waals surface area contributed by atoms with Crippen LogP contribution in [0.4, 0.5) is 5.13 Å². The fourth-order valence-corrected chi connectivity index (χ4v) is 7.59. The topological polar surface area (TPSA) is 88.6 Å². The minimum Gasteiger partial charge on any atom is -0.494 e. The second-order valence-corrected chi connectivity index (χ2v) is 12.3. The molecule has 7 nitrogen and oxygen atoms in total. The molecule has 33 heavy (non-hydrogen) atoms. The number of carbonyl (C=O) groups excluding carboxylic acids is 1. The molecule has 1 unspecified atom stereocenters. The van der Waals surface area contributed by atoms with E-state index in [9.17, 15) is 13.2 Å². The molecule has 0 aliphatic carbocycles. The van der Waals surface area contributed by atoms with Gasteiger partial charge in [-0.15, -0.1) is 22.7 Å². The average Bonchev–Trinajstić information content (AvgIpc) is 3.47. The predicted molar refractivity (Wildman–Crippen MR) is 133 cm³/mol. The van der Waals surface area contributed by atoms with E-state index in [0.29, 0.717) is 35.5 Å². The molecule has 176 valence electrons. The molecule has 1 amide bonds. The lowest BCUT2D eigenvalue weighted by atomic mass is 10.0. The Kier molecular flexibility index (Phi) is 7.70. The number of ether oxygens (including phenoxy) is 1. The van der Waals surface area contributed by atoms with Crippen LogP contribution in [0.15, 0.2) is 46.0 Å². The van der Waals surface area contributed by atoms with Gasteiger partial charge in [0.15, 0.2) is 5.13 Å². The van der Waals surface area contributed by atoms with Crippen LogP contribution in [0.5, 0.6) is 5.75 Å². The third-order valence-corrected chi connectivity index (χ3v) is 9.59. The molecule has 3 aromatic rings. The Morgan fingerprint density at radius 1 is 1.24 bits per heavy atom. The standard InChI is InChI=1S/C22H24ClN3O4S3/c1-2-13-30-16-8-6-15(7-9-16)17-14-31-22(24-17)25-21(27)18-5-3-4-12-26(18)33(28,29)20-11-10-19(23)32-20/h6-11,14,18H,2-5,12-13H2,1H3,(H,24,25,27). The predicted octanol–water partition coefficient (Wildman–Crippen LogP) is 5.50. The summed E-state index contributed by atoms with van der Waals surface area (Å²) in [5.41, 5.74) is 1.64. The third kappa shape index (κ3) is 5.58. The maximum Gasteiger partial charge on any atom is 0.253 e. The fraction of sp³-hybridized carbons (Fsp3) is 0.364. The molecule has 4 rings (SSSR count). The monoisotopic (exact) mass is 525 g/mol. The van der Waals surface area contributed by atoms with Crippen LogP contribution in [-0.4, -0.2) is 42.8 Å². The van der Waals surface area contributed by atoms with Crippen LogP contribution in [0, 0.1) is 0 Å². The summed E-state index contributed by atoms with van der Waals surface area (Å²) in [4.78, 5) is 17.6. The Bertz CT molecular complexity index is 1210. The molecule has 1 atom stereocenters. The number of amides is 1. The summed E-state index contributed by atoms with van der Waals surface area (Å²) in [6, 6.07) is 9.89. The van der Waals surface area contributed by atoms with Crippen molar-refractivity contribution in [1.29, 1.82) is 0 Å². The highest BCUT2D eigenvalue weighted by atomic mass is 35.5. The number of anilines is 1. The molecular weight excluding hydrogens is 502 g/mol. The number of rotatable bonds is 8. The minimum absolute atomic E-state index is 0.148. The number of hydrogen-bond donors (Lipinski definition) is 1. The van der Waals surface area contributed by atoms with E-state index in [1.807, 2.05) is 29.6 Å². The fourth-order valence-electron chi connectivity index (χ4n) is 3.60. The number of hydrogen-bond acceptors (Lipinski definition) is 7. The first-order valence-corrected chi connectivity index (χ1v) is 14.2. The van der Waals surface area contributed by atoms with Crippen LogP contribution < -0.4 is 10.1 Å². The molecule has 1 fully saturated rings. The van der Waals surface area contributed by atoms with Gasteiger partial charge in [0.05, 0.1) is 16.6 Å². The van der Waals surface area contributed by atoms with Gasteiger partial charge in [0.2, 0.25) is 5.91 Å². The lowest BCUT2D eigenvalue weighted by Crippen LogP contribution is -2.49. The van der Waals surface area contributed by atoms with Crippen molar-refractivity contribution in [2.45, 2.75) is 42.9 Å². The van der Waals surface area contributed by atoms with Gasteiger partial charge in [-0.2, -0.15) is 4.31 Å². The van der Waals surface area contributed by atoms with E-state index in [4.69, 9.17) is 16.3 Å². The number of nitrogens with zero attached hydrogens (tertiary/aromatic N) is 2. The molecule has 1 aliphatic rings. The van der Waals surface area contributed by atoms with Crippen molar-refractivity contribution < 1.29 is 17.9 Å². The number of benzene rings is 1. The highest BCUT2D eigenvalue weighted by Crippen LogP contribution is 2.33. The average molecular weight is 526 g/mol. The number of sulfonamides is 1. The number of thiazole rings is 1. The SMILES string of the molecule is CCCOc1ccc(-c2csc(NC(=O)C3CCCCN3S(=O)(=O)c3ccc(Cl)s3)n2)cc1. The zero-order valence-electron chi connectivity index (χ0n) is 18.0. The van der Waals surface area contributed by atoms with Gasteiger partial charge in [-0.1, -0.05) is 24.9 Å². The third-order valence-electron chi connectivity index (χ3n) is 5.23. The second kappa shape index (κ2) is 10.5. The molecule has 11 heteroatoms. The molecular formula is C22H24ClN3O4S3. The maximum absolute atomic E-state index is 13.1. The van der Waals surface area contributed by atoms with Gasteiger partial charge in [-0.05, 0) is 55.7 Å². The summed E-state index contributed by atoms with van der Waals surface area (Å²) in [7, 11) is -3.80. The number of aromatic nitrogens is 1. The lowest BCUT2D eigenvalue weighted by Gasteiger charge is -2.32. The highest BCUT2D eigenvalue weighted by Gasteiger charge is 2.38. The normalized spacial score (nSPS) is 17.1. The van der Waals surface area contributed by atoms with Crippen LogP contribution in [0.3, 0.4) is 0 Å².